The van der Waals surface area contributed by atoms with Crippen molar-refractivity contribution in [2.45, 2.75) is 19.1 Å². The molecule has 1 amide bonds. The first-order valence-corrected chi connectivity index (χ1v) is 7.66. The molecule has 2 aromatic carbocycles. The highest BCUT2D eigenvalue weighted by molar-refractivity contribution is 6.32. The molecule has 1 unspecified atom stereocenters. The second kappa shape index (κ2) is 7.65. The van der Waals surface area contributed by atoms with Gasteiger partial charge in [0.25, 0.3) is 0 Å². The quantitative estimate of drug-likeness (QED) is 0.792. The molecule has 4 nitrogen and oxygen atoms in total. The molecule has 0 radical (unpaired) electrons. The third-order valence-electron chi connectivity index (χ3n) is 3.41. The van der Waals surface area contributed by atoms with E-state index in [1.807, 2.05) is 0 Å². The van der Waals surface area contributed by atoms with E-state index in [1.165, 1.54) is 19.2 Å². The van der Waals surface area contributed by atoms with Gasteiger partial charge in [0.05, 0.1) is 17.7 Å². The van der Waals surface area contributed by atoms with Gasteiger partial charge in [-0.1, -0.05) is 11.6 Å². The maximum Gasteiger partial charge on any atom is 0.416 e. The van der Waals surface area contributed by atoms with Gasteiger partial charge in [-0.25, -0.2) is 0 Å². The number of nitrogens with one attached hydrogen (secondary N) is 2. The molecule has 0 aliphatic heterocycles. The number of anilines is 2. The Bertz CT molecular complexity index is 749. The van der Waals surface area contributed by atoms with E-state index in [2.05, 4.69) is 10.6 Å². The van der Waals surface area contributed by atoms with E-state index in [0.29, 0.717) is 16.5 Å². The Kier molecular flexibility index (Phi) is 5.79. The number of halogens is 4. The van der Waals surface area contributed by atoms with Crippen LogP contribution < -0.4 is 15.4 Å². The lowest BCUT2D eigenvalue weighted by Gasteiger charge is -2.16. The smallest absolute Gasteiger partial charge is 0.416 e. The molecule has 2 rings (SSSR count). The Morgan fingerprint density at radius 2 is 1.72 bits per heavy atom. The topological polar surface area (TPSA) is 50.4 Å². The van der Waals surface area contributed by atoms with Crippen molar-refractivity contribution >= 4 is 28.9 Å². The summed E-state index contributed by atoms with van der Waals surface area (Å²) in [6.07, 6.45) is -4.41. The van der Waals surface area contributed by atoms with Gasteiger partial charge in [0, 0.05) is 11.4 Å². The molecular formula is C17H16ClF3N2O2. The molecule has 0 aromatic heterocycles. The zero-order valence-corrected chi connectivity index (χ0v) is 14.2. The van der Waals surface area contributed by atoms with Crippen LogP contribution in [0.2, 0.25) is 5.02 Å². The lowest BCUT2D eigenvalue weighted by molar-refractivity contribution is -0.137. The van der Waals surface area contributed by atoms with E-state index >= 15 is 0 Å². The van der Waals surface area contributed by atoms with Crippen molar-refractivity contribution in [1.29, 1.82) is 0 Å². The van der Waals surface area contributed by atoms with E-state index in [-0.39, 0.29) is 5.69 Å². The van der Waals surface area contributed by atoms with Crippen LogP contribution in [-0.2, 0) is 11.0 Å². The predicted octanol–water partition coefficient (Wildman–Crippen LogP) is 4.81. The van der Waals surface area contributed by atoms with Gasteiger partial charge >= 0.3 is 6.18 Å². The van der Waals surface area contributed by atoms with Crippen LogP contribution in [0.25, 0.3) is 0 Å². The van der Waals surface area contributed by atoms with Crippen molar-refractivity contribution in [3.8, 4) is 5.75 Å². The van der Waals surface area contributed by atoms with Gasteiger partial charge in [-0.3, -0.25) is 4.79 Å². The number of carbonyl (C=O) groups excluding carboxylic acids is 1. The number of hydrogen-bond acceptors (Lipinski definition) is 3. The predicted molar refractivity (Wildman–Crippen MR) is 91.2 cm³/mol. The van der Waals surface area contributed by atoms with Gasteiger partial charge in [0.15, 0.2) is 0 Å². The van der Waals surface area contributed by atoms with Crippen molar-refractivity contribution < 1.29 is 22.7 Å². The second-order valence-electron chi connectivity index (χ2n) is 5.28. The highest BCUT2D eigenvalue weighted by atomic mass is 35.5. The van der Waals surface area contributed by atoms with Crippen LogP contribution in [0.3, 0.4) is 0 Å². The highest BCUT2D eigenvalue weighted by Crippen LogP contribution is 2.30. The first-order chi connectivity index (χ1) is 11.7. The molecule has 134 valence electrons. The second-order valence-corrected chi connectivity index (χ2v) is 5.69. The summed E-state index contributed by atoms with van der Waals surface area (Å²) in [7, 11) is 1.49. The van der Waals surface area contributed by atoms with E-state index < -0.39 is 23.7 Å². The van der Waals surface area contributed by atoms with Gasteiger partial charge in [-0.2, -0.15) is 13.2 Å². The number of benzene rings is 2. The third kappa shape index (κ3) is 5.03. The van der Waals surface area contributed by atoms with Crippen LogP contribution in [0.4, 0.5) is 24.5 Å². The molecular weight excluding hydrogens is 357 g/mol. The number of rotatable bonds is 5. The molecule has 2 N–H and O–H groups in total. The highest BCUT2D eigenvalue weighted by Gasteiger charge is 2.30. The summed E-state index contributed by atoms with van der Waals surface area (Å²) in [5.41, 5.74) is 0.116. The fraction of sp³-hybridized carbons (Fsp3) is 0.235. The average Bonchev–Trinajstić information content (AvgIpc) is 2.54. The van der Waals surface area contributed by atoms with Crippen LogP contribution in [-0.4, -0.2) is 19.1 Å². The Balaban J connectivity index is 1.99. The Labute approximate surface area is 147 Å². The Morgan fingerprint density at radius 1 is 1.12 bits per heavy atom. The summed E-state index contributed by atoms with van der Waals surface area (Å²) in [4.78, 5) is 12.2. The zero-order valence-electron chi connectivity index (χ0n) is 13.4. The summed E-state index contributed by atoms with van der Waals surface area (Å²) >= 11 is 6.02. The van der Waals surface area contributed by atoms with Crippen LogP contribution in [0.5, 0.6) is 5.75 Å². The monoisotopic (exact) mass is 372 g/mol. The van der Waals surface area contributed by atoms with E-state index in [4.69, 9.17) is 16.3 Å². The molecule has 0 spiro atoms. The van der Waals surface area contributed by atoms with Crippen LogP contribution in [0.1, 0.15) is 12.5 Å². The van der Waals surface area contributed by atoms with Crippen molar-refractivity contribution in [3.05, 3.63) is 53.1 Å². The van der Waals surface area contributed by atoms with Crippen molar-refractivity contribution in [3.63, 3.8) is 0 Å². The van der Waals surface area contributed by atoms with E-state index in [0.717, 1.165) is 12.1 Å². The maximum absolute atomic E-state index is 12.5. The zero-order chi connectivity index (χ0) is 18.6. The summed E-state index contributed by atoms with van der Waals surface area (Å²) in [5.74, 6) is 0.112. The summed E-state index contributed by atoms with van der Waals surface area (Å²) in [6, 6.07) is 8.58. The average molecular weight is 373 g/mol. The minimum atomic E-state index is -4.41. The largest absolute Gasteiger partial charge is 0.495 e. The van der Waals surface area contributed by atoms with Gasteiger partial charge in [-0.05, 0) is 49.4 Å². The molecule has 0 aliphatic rings. The minimum Gasteiger partial charge on any atom is -0.495 e. The first kappa shape index (κ1) is 18.9. The van der Waals surface area contributed by atoms with Gasteiger partial charge < -0.3 is 15.4 Å². The van der Waals surface area contributed by atoms with Crippen LogP contribution in [0, 0.1) is 0 Å². The van der Waals surface area contributed by atoms with Crippen LogP contribution >= 0.6 is 11.6 Å². The molecule has 1 atom stereocenters. The van der Waals surface area contributed by atoms with E-state index in [1.54, 1.807) is 25.1 Å². The third-order valence-corrected chi connectivity index (χ3v) is 3.70. The molecule has 25 heavy (non-hydrogen) atoms. The summed E-state index contributed by atoms with van der Waals surface area (Å²) in [6.45, 7) is 1.62. The van der Waals surface area contributed by atoms with E-state index in [9.17, 15) is 18.0 Å². The summed E-state index contributed by atoms with van der Waals surface area (Å²) in [5, 5.41) is 5.90. The number of amides is 1. The molecule has 0 saturated heterocycles. The lowest BCUT2D eigenvalue weighted by atomic mass is 10.2. The van der Waals surface area contributed by atoms with Crippen molar-refractivity contribution in [2.24, 2.45) is 0 Å². The van der Waals surface area contributed by atoms with Crippen molar-refractivity contribution in [1.82, 2.24) is 0 Å². The number of alkyl halides is 3. The van der Waals surface area contributed by atoms with Gasteiger partial charge in [0.1, 0.15) is 11.8 Å². The molecule has 0 bridgehead atoms. The fourth-order valence-corrected chi connectivity index (χ4v) is 2.32. The molecule has 0 saturated carbocycles. The number of ether oxygens (including phenoxy) is 1. The van der Waals surface area contributed by atoms with Gasteiger partial charge in [0.2, 0.25) is 5.91 Å². The molecule has 2 aromatic rings. The molecule has 0 aliphatic carbocycles. The number of hydrogen-bond donors (Lipinski definition) is 2. The Hall–Kier alpha value is -2.41. The van der Waals surface area contributed by atoms with Gasteiger partial charge in [-0.15, -0.1) is 0 Å². The molecule has 8 heteroatoms. The SMILES string of the molecule is COc1ccc(NC(C)C(=O)Nc2ccc(C(F)(F)F)cc2)cc1Cl. The first-order valence-electron chi connectivity index (χ1n) is 7.29. The fourth-order valence-electron chi connectivity index (χ4n) is 2.06. The standard InChI is InChI=1S/C17H16ClF3N2O2/c1-10(22-13-7-8-15(25-2)14(18)9-13)16(24)23-12-5-3-11(4-6-12)17(19,20)21/h3-10,22H,1-2H3,(H,23,24). The lowest BCUT2D eigenvalue weighted by Crippen LogP contribution is -2.31. The molecule has 0 fully saturated rings. The number of methoxy groups -OCH3 is 1. The minimum absolute atomic E-state index is 0.277. The Morgan fingerprint density at radius 3 is 2.24 bits per heavy atom. The normalized spacial score (nSPS) is 12.4. The van der Waals surface area contributed by atoms with Crippen molar-refractivity contribution in [2.75, 3.05) is 17.7 Å². The number of carbonyl (C=O) groups is 1. The molecule has 0 heterocycles. The maximum atomic E-state index is 12.5. The van der Waals surface area contributed by atoms with Crippen LogP contribution in [0.15, 0.2) is 42.5 Å². The summed E-state index contributed by atoms with van der Waals surface area (Å²) < 4.78 is 42.6.